The molecular weight excluding hydrogens is 270 g/mol. The van der Waals surface area contributed by atoms with Crippen LogP contribution >= 0.6 is 0 Å². The molecule has 0 bridgehead atoms. The molecule has 2 aliphatic heterocycles. The van der Waals surface area contributed by atoms with E-state index in [0.29, 0.717) is 17.2 Å². The van der Waals surface area contributed by atoms with E-state index in [1.54, 1.807) is 19.3 Å². The highest BCUT2D eigenvalue weighted by atomic mass is 16.7. The topological polar surface area (TPSA) is 48.0 Å². The first kappa shape index (κ1) is 13.8. The lowest BCUT2D eigenvalue weighted by molar-refractivity contribution is -0.126. The molecule has 1 amide bonds. The van der Waals surface area contributed by atoms with E-state index in [0.717, 1.165) is 31.5 Å². The molecule has 2 aliphatic rings. The summed E-state index contributed by atoms with van der Waals surface area (Å²) in [5, 5.41) is 0. The van der Waals surface area contributed by atoms with Crippen molar-refractivity contribution in [2.24, 2.45) is 0 Å². The van der Waals surface area contributed by atoms with Crippen LogP contribution in [-0.2, 0) is 4.79 Å². The number of hydrogen-bond acceptors (Lipinski definition) is 4. The van der Waals surface area contributed by atoms with Crippen molar-refractivity contribution < 1.29 is 19.0 Å². The van der Waals surface area contributed by atoms with E-state index in [4.69, 9.17) is 14.2 Å². The fourth-order valence-electron chi connectivity index (χ4n) is 2.63. The number of fused-ring (bicyclic) bond motifs is 1. The number of rotatable bonds is 3. The summed E-state index contributed by atoms with van der Waals surface area (Å²) < 4.78 is 16.0. The smallest absolute Gasteiger partial charge is 0.246 e. The first-order valence-electron chi connectivity index (χ1n) is 7.22. The Labute approximate surface area is 124 Å². The molecular formula is C16H19NO4. The highest BCUT2D eigenvalue weighted by Gasteiger charge is 2.19. The summed E-state index contributed by atoms with van der Waals surface area (Å²) in [6.07, 6.45) is 6.81. The Hall–Kier alpha value is -2.17. The number of benzene rings is 1. The van der Waals surface area contributed by atoms with E-state index in [2.05, 4.69) is 0 Å². The lowest BCUT2D eigenvalue weighted by atomic mass is 10.1. The Bertz CT molecular complexity index is 562. The predicted molar refractivity (Wildman–Crippen MR) is 78.6 cm³/mol. The van der Waals surface area contributed by atoms with Gasteiger partial charge in [0.05, 0.1) is 7.11 Å². The summed E-state index contributed by atoms with van der Waals surface area (Å²) >= 11 is 0. The Balaban J connectivity index is 1.75. The molecule has 0 atom stereocenters. The SMILES string of the molecule is COc1cc(/C=C\C(=O)N2CCCCC2)cc2c1OCO2. The van der Waals surface area contributed by atoms with Crippen LogP contribution in [0.1, 0.15) is 24.8 Å². The fraction of sp³-hybridized carbons (Fsp3) is 0.438. The van der Waals surface area contributed by atoms with E-state index in [9.17, 15) is 4.79 Å². The van der Waals surface area contributed by atoms with Crippen molar-refractivity contribution in [2.75, 3.05) is 27.0 Å². The van der Waals surface area contributed by atoms with Crippen molar-refractivity contribution in [3.8, 4) is 17.2 Å². The second-order valence-electron chi connectivity index (χ2n) is 5.18. The van der Waals surface area contributed by atoms with Gasteiger partial charge in [-0.15, -0.1) is 0 Å². The average Bonchev–Trinajstić information content (AvgIpc) is 3.01. The molecule has 0 spiro atoms. The molecule has 1 saturated heterocycles. The van der Waals surface area contributed by atoms with Crippen LogP contribution in [0.4, 0.5) is 0 Å². The summed E-state index contributed by atoms with van der Waals surface area (Å²) in [6, 6.07) is 3.69. The van der Waals surface area contributed by atoms with Gasteiger partial charge in [-0.25, -0.2) is 0 Å². The molecule has 1 aromatic rings. The minimum Gasteiger partial charge on any atom is -0.493 e. The van der Waals surface area contributed by atoms with E-state index in [1.165, 1.54) is 6.42 Å². The number of ether oxygens (including phenoxy) is 3. The monoisotopic (exact) mass is 289 g/mol. The Morgan fingerprint density at radius 1 is 1.24 bits per heavy atom. The van der Waals surface area contributed by atoms with Crippen molar-refractivity contribution in [1.29, 1.82) is 0 Å². The number of piperidine rings is 1. The molecule has 5 nitrogen and oxygen atoms in total. The number of nitrogens with zero attached hydrogens (tertiary/aromatic N) is 1. The van der Waals surface area contributed by atoms with Crippen LogP contribution < -0.4 is 14.2 Å². The summed E-state index contributed by atoms with van der Waals surface area (Å²) in [5.74, 6) is 1.96. The number of carbonyl (C=O) groups excluding carboxylic acids is 1. The van der Waals surface area contributed by atoms with Crippen LogP contribution in [0, 0.1) is 0 Å². The van der Waals surface area contributed by atoms with Crippen LogP contribution in [0.2, 0.25) is 0 Å². The normalized spacial score (nSPS) is 17.3. The summed E-state index contributed by atoms with van der Waals surface area (Å²) in [6.45, 7) is 1.91. The van der Waals surface area contributed by atoms with Gasteiger partial charge in [-0.2, -0.15) is 0 Å². The zero-order valence-electron chi connectivity index (χ0n) is 12.1. The molecule has 0 unspecified atom stereocenters. The summed E-state index contributed by atoms with van der Waals surface area (Å²) in [4.78, 5) is 14.0. The number of hydrogen-bond donors (Lipinski definition) is 0. The van der Waals surface area contributed by atoms with Crippen molar-refractivity contribution in [3.05, 3.63) is 23.8 Å². The largest absolute Gasteiger partial charge is 0.493 e. The van der Waals surface area contributed by atoms with E-state index < -0.39 is 0 Å². The zero-order chi connectivity index (χ0) is 14.7. The predicted octanol–water partition coefficient (Wildman–Crippen LogP) is 2.45. The van der Waals surface area contributed by atoms with Gasteiger partial charge in [0.2, 0.25) is 18.4 Å². The van der Waals surface area contributed by atoms with Gasteiger partial charge in [0, 0.05) is 19.2 Å². The van der Waals surface area contributed by atoms with Crippen LogP contribution in [0.5, 0.6) is 17.2 Å². The van der Waals surface area contributed by atoms with Gasteiger partial charge in [0.25, 0.3) is 0 Å². The van der Waals surface area contributed by atoms with Gasteiger partial charge in [-0.05, 0) is 43.0 Å². The van der Waals surface area contributed by atoms with Gasteiger partial charge >= 0.3 is 0 Å². The van der Waals surface area contributed by atoms with Crippen molar-refractivity contribution >= 4 is 12.0 Å². The third-order valence-electron chi connectivity index (χ3n) is 3.77. The molecule has 3 rings (SSSR count). The van der Waals surface area contributed by atoms with Gasteiger partial charge in [-0.3, -0.25) is 4.79 Å². The number of likely N-dealkylation sites (tertiary alicyclic amines) is 1. The third kappa shape index (κ3) is 2.96. The molecule has 2 heterocycles. The lowest BCUT2D eigenvalue weighted by Crippen LogP contribution is -2.34. The molecule has 112 valence electrons. The minimum absolute atomic E-state index is 0.0614. The summed E-state index contributed by atoms with van der Waals surface area (Å²) in [7, 11) is 1.59. The number of amides is 1. The lowest BCUT2D eigenvalue weighted by Gasteiger charge is -2.25. The highest BCUT2D eigenvalue weighted by Crippen LogP contribution is 2.42. The highest BCUT2D eigenvalue weighted by molar-refractivity contribution is 5.92. The molecule has 5 heteroatoms. The molecule has 0 radical (unpaired) electrons. The van der Waals surface area contributed by atoms with Crippen molar-refractivity contribution in [2.45, 2.75) is 19.3 Å². The van der Waals surface area contributed by atoms with Crippen LogP contribution in [0.25, 0.3) is 6.08 Å². The Morgan fingerprint density at radius 2 is 2.05 bits per heavy atom. The first-order valence-corrected chi connectivity index (χ1v) is 7.22. The number of carbonyl (C=O) groups is 1. The van der Waals surface area contributed by atoms with Crippen LogP contribution in [0.15, 0.2) is 18.2 Å². The molecule has 1 aromatic carbocycles. The second-order valence-corrected chi connectivity index (χ2v) is 5.18. The fourth-order valence-corrected chi connectivity index (χ4v) is 2.63. The molecule has 0 aromatic heterocycles. The standard InChI is InChI=1S/C16H19NO4/c1-19-13-9-12(10-14-16(13)21-11-20-14)5-6-15(18)17-7-3-2-4-8-17/h5-6,9-10H,2-4,7-8,11H2,1H3/b6-5-. The van der Waals surface area contributed by atoms with Gasteiger partial charge in [0.15, 0.2) is 11.5 Å². The molecule has 0 saturated carbocycles. The van der Waals surface area contributed by atoms with Gasteiger partial charge in [-0.1, -0.05) is 0 Å². The maximum atomic E-state index is 12.1. The number of methoxy groups -OCH3 is 1. The quantitative estimate of drug-likeness (QED) is 0.802. The second kappa shape index (κ2) is 6.08. The van der Waals surface area contributed by atoms with E-state index in [-0.39, 0.29) is 12.7 Å². The van der Waals surface area contributed by atoms with Crippen LogP contribution in [0.3, 0.4) is 0 Å². The van der Waals surface area contributed by atoms with Gasteiger partial charge < -0.3 is 19.1 Å². The van der Waals surface area contributed by atoms with Gasteiger partial charge in [0.1, 0.15) is 0 Å². The molecule has 21 heavy (non-hydrogen) atoms. The summed E-state index contributed by atoms with van der Waals surface area (Å²) in [5.41, 5.74) is 0.862. The van der Waals surface area contributed by atoms with Crippen molar-refractivity contribution in [1.82, 2.24) is 4.90 Å². The molecule has 1 fully saturated rings. The third-order valence-corrected chi connectivity index (χ3v) is 3.77. The van der Waals surface area contributed by atoms with E-state index >= 15 is 0 Å². The minimum atomic E-state index is 0.0614. The Kier molecular flexibility index (Phi) is 3.99. The van der Waals surface area contributed by atoms with Crippen molar-refractivity contribution in [3.63, 3.8) is 0 Å². The maximum absolute atomic E-state index is 12.1. The molecule has 0 aliphatic carbocycles. The zero-order valence-corrected chi connectivity index (χ0v) is 12.1. The Morgan fingerprint density at radius 3 is 2.81 bits per heavy atom. The molecule has 0 N–H and O–H groups in total. The van der Waals surface area contributed by atoms with E-state index in [1.807, 2.05) is 17.0 Å². The maximum Gasteiger partial charge on any atom is 0.246 e. The first-order chi connectivity index (χ1) is 10.3. The average molecular weight is 289 g/mol. The van der Waals surface area contributed by atoms with Crippen LogP contribution in [-0.4, -0.2) is 37.8 Å².